The summed E-state index contributed by atoms with van der Waals surface area (Å²) in [5.74, 6) is 0.733. The summed E-state index contributed by atoms with van der Waals surface area (Å²) >= 11 is 6.04. The molecular weight excluding hydrogens is 349 g/mol. The Hall–Kier alpha value is -0.420. The van der Waals surface area contributed by atoms with Gasteiger partial charge in [-0.25, -0.2) is 4.57 Å². The molecule has 0 saturated heterocycles. The minimum absolute atomic E-state index is 0.346. The van der Waals surface area contributed by atoms with Gasteiger partial charge in [0.15, 0.2) is 0 Å². The van der Waals surface area contributed by atoms with Gasteiger partial charge in [-0.3, -0.25) is 0 Å². The van der Waals surface area contributed by atoms with Crippen molar-refractivity contribution in [2.24, 2.45) is 5.92 Å². The summed E-state index contributed by atoms with van der Waals surface area (Å²) in [5, 5.41) is 0.837. The summed E-state index contributed by atoms with van der Waals surface area (Å²) in [6.45, 7) is 4.65. The predicted octanol–water partition coefficient (Wildman–Crippen LogP) is 3.81. The number of halogens is 1. The molecule has 1 unspecified atom stereocenters. The maximum Gasteiger partial charge on any atom is 0.466 e. The summed E-state index contributed by atoms with van der Waals surface area (Å²) in [6, 6.07) is 9.18. The molecule has 0 bridgehead atoms. The van der Waals surface area contributed by atoms with Crippen molar-refractivity contribution in [3.8, 4) is 0 Å². The van der Waals surface area contributed by atoms with E-state index in [1.165, 1.54) is 31.2 Å². The van der Waals surface area contributed by atoms with Crippen molar-refractivity contribution in [3.05, 3.63) is 34.9 Å². The van der Waals surface area contributed by atoms with Crippen LogP contribution in [0, 0.1) is 5.92 Å². The summed E-state index contributed by atoms with van der Waals surface area (Å²) in [7, 11) is -0.188. The van der Waals surface area contributed by atoms with Gasteiger partial charge in [-0.2, -0.15) is 0 Å². The molecule has 1 aromatic rings. The molecule has 0 amide bonds. The molecule has 1 saturated carbocycles. The van der Waals surface area contributed by atoms with Crippen molar-refractivity contribution in [2.45, 2.75) is 51.0 Å². The number of rotatable bonds is 5. The van der Waals surface area contributed by atoms with Gasteiger partial charge in [-0.15, -0.1) is 0 Å². The summed E-state index contributed by atoms with van der Waals surface area (Å²) in [4.78, 5) is 24.0. The Kier molecular flexibility index (Phi) is 7.92. The molecule has 138 valence electrons. The first-order valence-electron chi connectivity index (χ1n) is 8.16. The third kappa shape index (κ3) is 6.47. The third-order valence-electron chi connectivity index (χ3n) is 4.62. The maximum absolute atomic E-state index is 8.88. The number of hydrogen-bond acceptors (Lipinski definition) is 2. The van der Waals surface area contributed by atoms with Crippen molar-refractivity contribution in [2.75, 3.05) is 14.1 Å². The predicted molar refractivity (Wildman–Crippen MR) is 98.2 cm³/mol. The molecule has 0 heterocycles. The SMILES string of the molecule is CC(C)CC(N(C)C)C1(c2ccc(Cl)cc2)CCC1.O=P(O)(O)O. The minimum Gasteiger partial charge on any atom is -0.306 e. The fourth-order valence-electron chi connectivity index (χ4n) is 3.53. The van der Waals surface area contributed by atoms with Gasteiger partial charge in [0.2, 0.25) is 0 Å². The van der Waals surface area contributed by atoms with E-state index < -0.39 is 7.82 Å². The molecule has 1 aliphatic rings. The maximum atomic E-state index is 8.88. The number of phosphoric acid groups is 1. The van der Waals surface area contributed by atoms with Gasteiger partial charge in [-0.1, -0.05) is 44.0 Å². The molecule has 1 aromatic carbocycles. The molecule has 0 spiro atoms. The van der Waals surface area contributed by atoms with Crippen LogP contribution < -0.4 is 0 Å². The molecule has 1 fully saturated rings. The number of nitrogens with zero attached hydrogens (tertiary/aromatic N) is 1. The number of likely N-dealkylation sites (N-methyl/N-ethyl adjacent to an activating group) is 1. The van der Waals surface area contributed by atoms with E-state index in [1.54, 1.807) is 0 Å². The fourth-order valence-corrected chi connectivity index (χ4v) is 3.66. The van der Waals surface area contributed by atoms with E-state index in [0.29, 0.717) is 11.5 Å². The van der Waals surface area contributed by atoms with Crippen molar-refractivity contribution < 1.29 is 19.2 Å². The lowest BCUT2D eigenvalue weighted by atomic mass is 9.58. The van der Waals surface area contributed by atoms with Crippen LogP contribution in [-0.2, 0) is 9.98 Å². The molecule has 0 aliphatic heterocycles. The quantitative estimate of drug-likeness (QED) is 0.680. The van der Waals surface area contributed by atoms with Crippen LogP contribution in [0.25, 0.3) is 0 Å². The molecule has 1 atom stereocenters. The van der Waals surface area contributed by atoms with E-state index >= 15 is 0 Å². The Morgan fingerprint density at radius 3 is 1.92 bits per heavy atom. The van der Waals surface area contributed by atoms with Crippen LogP contribution >= 0.6 is 19.4 Å². The second-order valence-corrected chi connectivity index (χ2v) is 8.60. The van der Waals surface area contributed by atoms with Crippen molar-refractivity contribution in [1.82, 2.24) is 4.90 Å². The van der Waals surface area contributed by atoms with Crippen LogP contribution in [0.2, 0.25) is 5.02 Å². The lowest BCUT2D eigenvalue weighted by molar-refractivity contribution is 0.0808. The second-order valence-electron chi connectivity index (χ2n) is 7.14. The highest BCUT2D eigenvalue weighted by atomic mass is 35.5. The zero-order chi connectivity index (χ0) is 18.5. The van der Waals surface area contributed by atoms with Crippen LogP contribution in [0.1, 0.15) is 45.1 Å². The molecule has 7 heteroatoms. The molecular formula is C17H29ClNO4P. The van der Waals surface area contributed by atoms with Crippen molar-refractivity contribution >= 4 is 19.4 Å². The fraction of sp³-hybridized carbons (Fsp3) is 0.647. The van der Waals surface area contributed by atoms with Gasteiger partial charge in [0.25, 0.3) is 0 Å². The second kappa shape index (κ2) is 8.79. The minimum atomic E-state index is -4.64. The van der Waals surface area contributed by atoms with E-state index in [1.807, 2.05) is 12.1 Å². The average Bonchev–Trinajstić information content (AvgIpc) is 2.36. The largest absolute Gasteiger partial charge is 0.466 e. The zero-order valence-corrected chi connectivity index (χ0v) is 16.5. The molecule has 1 aliphatic carbocycles. The molecule has 0 aromatic heterocycles. The molecule has 2 rings (SSSR count). The first-order chi connectivity index (χ1) is 11.0. The lowest BCUT2D eigenvalue weighted by Crippen LogP contribution is -2.52. The van der Waals surface area contributed by atoms with Crippen LogP contribution in [0.3, 0.4) is 0 Å². The Morgan fingerprint density at radius 2 is 1.62 bits per heavy atom. The van der Waals surface area contributed by atoms with Gasteiger partial charge in [0.1, 0.15) is 0 Å². The molecule has 5 nitrogen and oxygen atoms in total. The summed E-state index contributed by atoms with van der Waals surface area (Å²) < 4.78 is 8.88. The summed E-state index contributed by atoms with van der Waals surface area (Å²) in [6.07, 6.45) is 5.23. The Labute approximate surface area is 149 Å². The molecule has 24 heavy (non-hydrogen) atoms. The van der Waals surface area contributed by atoms with Crippen molar-refractivity contribution in [3.63, 3.8) is 0 Å². The Balaban J connectivity index is 0.000000505. The highest BCUT2D eigenvalue weighted by Crippen LogP contribution is 2.49. The van der Waals surface area contributed by atoms with E-state index in [-0.39, 0.29) is 0 Å². The topological polar surface area (TPSA) is 81.0 Å². The first kappa shape index (κ1) is 21.6. The molecule has 0 radical (unpaired) electrons. The van der Waals surface area contributed by atoms with Crippen LogP contribution in [0.15, 0.2) is 24.3 Å². The van der Waals surface area contributed by atoms with E-state index in [4.69, 9.17) is 30.8 Å². The van der Waals surface area contributed by atoms with Crippen molar-refractivity contribution in [1.29, 1.82) is 0 Å². The Bertz CT molecular complexity index is 544. The van der Waals surface area contributed by atoms with Gasteiger partial charge >= 0.3 is 7.82 Å². The van der Waals surface area contributed by atoms with E-state index in [2.05, 4.69) is 45.0 Å². The Morgan fingerprint density at radius 1 is 1.17 bits per heavy atom. The number of hydrogen-bond donors (Lipinski definition) is 3. The van der Waals surface area contributed by atoms with Crippen LogP contribution in [-0.4, -0.2) is 39.7 Å². The van der Waals surface area contributed by atoms with Crippen LogP contribution in [0.4, 0.5) is 0 Å². The van der Waals surface area contributed by atoms with E-state index in [9.17, 15) is 0 Å². The first-order valence-corrected chi connectivity index (χ1v) is 10.1. The van der Waals surface area contributed by atoms with Gasteiger partial charge in [0, 0.05) is 16.5 Å². The molecule has 3 N–H and O–H groups in total. The highest BCUT2D eigenvalue weighted by Gasteiger charge is 2.46. The smallest absolute Gasteiger partial charge is 0.306 e. The van der Waals surface area contributed by atoms with Crippen LogP contribution in [0.5, 0.6) is 0 Å². The highest BCUT2D eigenvalue weighted by molar-refractivity contribution is 7.45. The lowest BCUT2D eigenvalue weighted by Gasteiger charge is -2.51. The number of benzene rings is 1. The monoisotopic (exact) mass is 377 g/mol. The van der Waals surface area contributed by atoms with Gasteiger partial charge < -0.3 is 19.6 Å². The standard InChI is InChI=1S/C17H26ClN.H3O4P/c1-13(2)12-16(19(3)4)17(10-5-11-17)14-6-8-15(18)9-7-14;1-5(2,3)4/h6-9,13,16H,5,10-12H2,1-4H3;(H3,1,2,3,4). The van der Waals surface area contributed by atoms with E-state index in [0.717, 1.165) is 10.9 Å². The zero-order valence-electron chi connectivity index (χ0n) is 14.8. The van der Waals surface area contributed by atoms with Gasteiger partial charge in [0.05, 0.1) is 0 Å². The summed E-state index contributed by atoms with van der Waals surface area (Å²) in [5.41, 5.74) is 1.82. The third-order valence-corrected chi connectivity index (χ3v) is 4.87. The van der Waals surface area contributed by atoms with Gasteiger partial charge in [-0.05, 0) is 57.0 Å². The normalized spacial score (nSPS) is 17.9. The average molecular weight is 378 g/mol.